The number of rotatable bonds is 9. The molecule has 2 atom stereocenters. The largest absolute Gasteiger partial charge is 0.490 e. The quantitative estimate of drug-likeness (QED) is 0.120. The first-order valence-corrected chi connectivity index (χ1v) is 18.8. The van der Waals surface area contributed by atoms with Gasteiger partial charge in [0.05, 0.1) is 17.3 Å². The Balaban J connectivity index is 1.19. The smallest absolute Gasteiger partial charge is 0.335 e. The lowest BCUT2D eigenvalue weighted by Crippen LogP contribution is -2.54. The van der Waals surface area contributed by atoms with E-state index in [0.717, 1.165) is 53.1 Å². The van der Waals surface area contributed by atoms with Gasteiger partial charge < -0.3 is 14.4 Å². The van der Waals surface area contributed by atoms with Gasteiger partial charge in [-0.25, -0.2) is 9.69 Å². The first-order chi connectivity index (χ1) is 26.3. The Hall–Kier alpha value is -5.86. The average molecular weight is 738 g/mol. The SMILES string of the molecule is CCOc1cc(/C=C2\C(=O)NC(=O)N(c3cc4c5c(c3)[C@H](c3ccccc3)CCN5CC[C@@H]4c3ccccc3)C2=O)cc(Cl)c1OCc1cccc(C)c1. The third-order valence-corrected chi connectivity index (χ3v) is 10.7. The lowest BCUT2D eigenvalue weighted by molar-refractivity contribution is -0.122. The van der Waals surface area contributed by atoms with E-state index in [9.17, 15) is 14.4 Å². The molecule has 3 aliphatic heterocycles. The summed E-state index contributed by atoms with van der Waals surface area (Å²) in [6, 6.07) is 35.1. The van der Waals surface area contributed by atoms with Gasteiger partial charge in [0.25, 0.3) is 11.8 Å². The molecule has 1 N–H and O–H groups in total. The Bertz CT molecular complexity index is 2220. The number of amides is 4. The van der Waals surface area contributed by atoms with E-state index in [1.54, 1.807) is 12.1 Å². The molecule has 3 heterocycles. The second kappa shape index (κ2) is 14.9. The molecule has 0 radical (unpaired) electrons. The maximum atomic E-state index is 14.4. The molecule has 8 nitrogen and oxygen atoms in total. The Morgan fingerprint density at radius 1 is 0.796 bits per heavy atom. The molecule has 0 unspecified atom stereocenters. The molecule has 3 aliphatic rings. The van der Waals surface area contributed by atoms with Crippen LogP contribution < -0.4 is 24.6 Å². The minimum atomic E-state index is -0.793. The van der Waals surface area contributed by atoms with Crippen LogP contribution >= 0.6 is 11.6 Å². The molecule has 4 amide bonds. The first kappa shape index (κ1) is 35.2. The van der Waals surface area contributed by atoms with Crippen molar-refractivity contribution in [2.45, 2.75) is 45.1 Å². The number of carbonyl (C=O) groups is 3. The van der Waals surface area contributed by atoms with Crippen molar-refractivity contribution in [2.24, 2.45) is 0 Å². The van der Waals surface area contributed by atoms with E-state index in [1.165, 1.54) is 22.9 Å². The lowest BCUT2D eigenvalue weighted by Gasteiger charge is -2.44. The third kappa shape index (κ3) is 6.74. The molecule has 0 saturated carbocycles. The van der Waals surface area contributed by atoms with Gasteiger partial charge in [-0.3, -0.25) is 14.9 Å². The third-order valence-electron chi connectivity index (χ3n) is 10.5. The normalized spacial score (nSPS) is 18.7. The number of benzene rings is 5. The standard InChI is InChI=1S/C45H40ClN3O5/c1-3-53-40-24-30(23-39(46)42(40)54-27-29-12-10-11-28(2)21-29)22-38-43(50)47-45(52)49(44(38)51)33-25-36-34(31-13-6-4-7-14-31)17-19-48-20-18-35(37(26-33)41(36)48)32-15-8-5-9-16-32/h4-16,21-26,34-35H,3,17-20,27H2,1-2H3,(H,47,50,52)/b38-22+/t34-,35+. The van der Waals surface area contributed by atoms with Gasteiger partial charge in [0.2, 0.25) is 0 Å². The zero-order chi connectivity index (χ0) is 37.3. The van der Waals surface area contributed by atoms with Crippen molar-refractivity contribution in [3.05, 3.63) is 159 Å². The van der Waals surface area contributed by atoms with Crippen LogP contribution in [0, 0.1) is 6.92 Å². The predicted molar refractivity (Wildman–Crippen MR) is 212 cm³/mol. The number of imide groups is 2. The zero-order valence-corrected chi connectivity index (χ0v) is 30.9. The first-order valence-electron chi connectivity index (χ1n) is 18.4. The van der Waals surface area contributed by atoms with Gasteiger partial charge in [0.1, 0.15) is 12.2 Å². The molecule has 9 heteroatoms. The molecule has 0 spiro atoms. The van der Waals surface area contributed by atoms with Gasteiger partial charge in [-0.1, -0.05) is 102 Å². The van der Waals surface area contributed by atoms with Gasteiger partial charge in [0.15, 0.2) is 11.5 Å². The number of barbiturate groups is 1. The summed E-state index contributed by atoms with van der Waals surface area (Å²) < 4.78 is 12.0. The van der Waals surface area contributed by atoms with Crippen LogP contribution in [-0.4, -0.2) is 37.5 Å². The zero-order valence-electron chi connectivity index (χ0n) is 30.2. The number of carbonyl (C=O) groups excluding carboxylic acids is 3. The lowest BCUT2D eigenvalue weighted by atomic mass is 9.76. The number of ether oxygens (including phenoxy) is 2. The highest BCUT2D eigenvalue weighted by atomic mass is 35.5. The van der Waals surface area contributed by atoms with Crippen molar-refractivity contribution in [2.75, 3.05) is 29.5 Å². The Morgan fingerprint density at radius 2 is 1.44 bits per heavy atom. The van der Waals surface area contributed by atoms with Gasteiger partial charge >= 0.3 is 6.03 Å². The van der Waals surface area contributed by atoms with Crippen molar-refractivity contribution in [1.29, 1.82) is 0 Å². The fourth-order valence-corrected chi connectivity index (χ4v) is 8.33. The summed E-state index contributed by atoms with van der Waals surface area (Å²) in [4.78, 5) is 45.0. The van der Waals surface area contributed by atoms with Crippen LogP contribution in [0.15, 0.2) is 115 Å². The topological polar surface area (TPSA) is 88.2 Å². The van der Waals surface area contributed by atoms with Crippen LogP contribution in [0.2, 0.25) is 5.02 Å². The fraction of sp³-hybridized carbons (Fsp3) is 0.222. The number of aryl methyl sites for hydroxylation is 1. The van der Waals surface area contributed by atoms with E-state index in [-0.39, 0.29) is 29.0 Å². The summed E-state index contributed by atoms with van der Waals surface area (Å²) >= 11 is 6.76. The van der Waals surface area contributed by atoms with Crippen molar-refractivity contribution in [3.8, 4) is 11.5 Å². The van der Waals surface area contributed by atoms with Gasteiger partial charge in [-0.05, 0) is 90.4 Å². The van der Waals surface area contributed by atoms with Gasteiger partial charge in [0, 0.05) is 30.6 Å². The second-order valence-electron chi connectivity index (χ2n) is 14.0. The van der Waals surface area contributed by atoms with Gasteiger partial charge in [-0.2, -0.15) is 0 Å². The summed E-state index contributed by atoms with van der Waals surface area (Å²) in [5.74, 6) is -0.646. The van der Waals surface area contributed by atoms with E-state index in [1.807, 2.05) is 86.6 Å². The highest BCUT2D eigenvalue weighted by molar-refractivity contribution is 6.39. The van der Waals surface area contributed by atoms with Gasteiger partial charge in [-0.15, -0.1) is 0 Å². The molecule has 5 aromatic rings. The number of nitrogens with one attached hydrogen (secondary N) is 1. The van der Waals surface area contributed by atoms with E-state index < -0.39 is 17.8 Å². The summed E-state index contributed by atoms with van der Waals surface area (Å²) in [5.41, 5.74) is 8.41. The highest BCUT2D eigenvalue weighted by Crippen LogP contribution is 2.50. The number of hydrogen-bond donors (Lipinski definition) is 1. The van der Waals surface area contributed by atoms with E-state index in [2.05, 4.69) is 34.5 Å². The molecule has 0 aromatic heterocycles. The van der Waals surface area contributed by atoms with E-state index in [0.29, 0.717) is 29.4 Å². The van der Waals surface area contributed by atoms with Crippen LogP contribution in [0.1, 0.15) is 70.5 Å². The summed E-state index contributed by atoms with van der Waals surface area (Å²) in [6.45, 7) is 6.29. The number of urea groups is 1. The molecule has 54 heavy (non-hydrogen) atoms. The molecule has 1 fully saturated rings. The molecule has 0 bridgehead atoms. The Labute approximate surface area is 320 Å². The molecule has 8 rings (SSSR count). The van der Waals surface area contributed by atoms with Crippen LogP contribution in [0.5, 0.6) is 11.5 Å². The van der Waals surface area contributed by atoms with Crippen molar-refractivity contribution < 1.29 is 23.9 Å². The van der Waals surface area contributed by atoms with Crippen molar-refractivity contribution >= 4 is 46.9 Å². The summed E-state index contributed by atoms with van der Waals surface area (Å²) in [7, 11) is 0. The number of nitrogens with zero attached hydrogens (tertiary/aromatic N) is 2. The second-order valence-corrected chi connectivity index (χ2v) is 14.4. The molecular formula is C45H40ClN3O5. The van der Waals surface area contributed by atoms with Crippen LogP contribution in [-0.2, 0) is 16.2 Å². The summed E-state index contributed by atoms with van der Waals surface area (Å²) in [6.07, 6.45) is 3.24. The average Bonchev–Trinajstić information content (AvgIpc) is 3.17. The van der Waals surface area contributed by atoms with Crippen LogP contribution in [0.4, 0.5) is 16.2 Å². The fourth-order valence-electron chi connectivity index (χ4n) is 8.06. The van der Waals surface area contributed by atoms with E-state index >= 15 is 0 Å². The number of halogens is 1. The van der Waals surface area contributed by atoms with Crippen LogP contribution in [0.25, 0.3) is 6.08 Å². The van der Waals surface area contributed by atoms with E-state index in [4.69, 9.17) is 21.1 Å². The highest BCUT2D eigenvalue weighted by Gasteiger charge is 2.40. The predicted octanol–water partition coefficient (Wildman–Crippen LogP) is 9.17. The summed E-state index contributed by atoms with van der Waals surface area (Å²) in [5, 5.41) is 2.68. The molecule has 1 saturated heterocycles. The Morgan fingerprint density at radius 3 is 2.06 bits per heavy atom. The number of hydrogen-bond acceptors (Lipinski definition) is 6. The van der Waals surface area contributed by atoms with Crippen LogP contribution in [0.3, 0.4) is 0 Å². The molecule has 0 aliphatic carbocycles. The molecular weight excluding hydrogens is 698 g/mol. The minimum absolute atomic E-state index is 0.0658. The maximum absolute atomic E-state index is 14.4. The van der Waals surface area contributed by atoms with Crippen molar-refractivity contribution in [3.63, 3.8) is 0 Å². The maximum Gasteiger partial charge on any atom is 0.335 e. The molecule has 5 aromatic carbocycles. The minimum Gasteiger partial charge on any atom is -0.490 e. The molecule has 272 valence electrons. The monoisotopic (exact) mass is 737 g/mol. The van der Waals surface area contributed by atoms with Crippen molar-refractivity contribution in [1.82, 2.24) is 5.32 Å². The Kier molecular flexibility index (Phi) is 9.69. The number of anilines is 2.